The van der Waals surface area contributed by atoms with Crippen molar-refractivity contribution in [1.29, 1.82) is 0 Å². The van der Waals surface area contributed by atoms with Crippen molar-refractivity contribution < 1.29 is 156 Å². The van der Waals surface area contributed by atoms with Crippen molar-refractivity contribution in [2.75, 3.05) is 51.7 Å². The van der Waals surface area contributed by atoms with Gasteiger partial charge < -0.3 is 83.7 Å². The molecule has 3 radical (unpaired) electrons. The Morgan fingerprint density at radius 2 is 0.718 bits per heavy atom. The molecule has 3 atom stereocenters. The monoisotopic (exact) mass is 1410 g/mol. The average molecular weight is 1410 g/mol. The van der Waals surface area contributed by atoms with Crippen LogP contribution >= 0.6 is 0 Å². The van der Waals surface area contributed by atoms with Crippen molar-refractivity contribution in [3.05, 3.63) is 169 Å². The number of carbonyl (C=O) groups is 6. The van der Waals surface area contributed by atoms with E-state index in [4.69, 9.17) is 14.2 Å². The maximum absolute atomic E-state index is 12.1. The van der Waals surface area contributed by atoms with Gasteiger partial charge >= 0.3 is 0 Å². The Morgan fingerprint density at radius 3 is 1.01 bits per heavy atom. The van der Waals surface area contributed by atoms with Crippen LogP contribution in [0.1, 0.15) is 90.5 Å². The van der Waals surface area contributed by atoms with Crippen LogP contribution in [0.5, 0.6) is 17.2 Å². The van der Waals surface area contributed by atoms with Crippen LogP contribution in [-0.2, 0) is 127 Å². The van der Waals surface area contributed by atoms with Gasteiger partial charge in [-0.2, -0.15) is 0 Å². The molecule has 0 saturated heterocycles. The third kappa shape index (κ3) is 39.0. The molecule has 3 heterocycles. The standard InChI is InChI=1S/3C17H19N3O4.3C2H6.CH4.3CH3.3Y/c1-12(21)19-13-3-5-15(6-4-13)24-11-17(2,23)16(22)20-14-7-9-18-10-8-14;1-12(21)19-13-5-7-15(8-6-13)24-11-17(2,23)16(22)20-14-4-3-9-18-10-14;1-12(21)19-13-6-8-14(9-7-13)24-11-17(2,23)16(22)20-15-5-3-4-10-18-15;3*1-2;;;;;;;/h3-10,23H,11H2,1-2H3,(H,19,21)(H,18,20,22);3-10,23H,11H2,1-2H3,(H,19,21)(H,20,22);3-10,23H,11H2,1-2H3,(H,19,21)(H,18,20,22);3*1-2H3;1H4;3*1H3;;;/q;;;;;;;3*-1;;;/t3*17-;;;;;;;;;;/m000........../s1. The molecule has 0 saturated carbocycles. The fourth-order valence-electron chi connectivity index (χ4n) is 5.47. The first-order valence-electron chi connectivity index (χ1n) is 24.9. The molecule has 3 aromatic carbocycles. The average Bonchev–Trinajstić information content (AvgIpc) is 3.43. The molecule has 6 rings (SSSR count). The molecule has 0 unspecified atom stereocenters. The van der Waals surface area contributed by atoms with Gasteiger partial charge in [-0.25, -0.2) is 4.98 Å². The van der Waals surface area contributed by atoms with Gasteiger partial charge in [0.25, 0.3) is 17.7 Å². The quantitative estimate of drug-likeness (QED) is 0.0362. The van der Waals surface area contributed by atoms with Crippen LogP contribution in [0.2, 0.25) is 0 Å². The van der Waals surface area contributed by atoms with Gasteiger partial charge in [0.1, 0.15) is 42.9 Å². The number of anilines is 6. The maximum Gasteiger partial charge on any atom is 0.260 e. The first-order chi connectivity index (χ1) is 37.1. The summed E-state index contributed by atoms with van der Waals surface area (Å²) in [7, 11) is 0. The van der Waals surface area contributed by atoms with Gasteiger partial charge in [0.05, 0.1) is 11.9 Å². The fraction of sp³-hybridized carbons (Fsp3) is 0.311. The first kappa shape index (κ1) is 93.2. The van der Waals surface area contributed by atoms with E-state index in [-0.39, 0.29) is 165 Å². The summed E-state index contributed by atoms with van der Waals surface area (Å²) < 4.78 is 16.3. The molecule has 6 aromatic rings. The van der Waals surface area contributed by atoms with E-state index >= 15 is 0 Å². The number of hydrogen-bond donors (Lipinski definition) is 9. The van der Waals surface area contributed by atoms with E-state index in [1.165, 1.54) is 66.3 Å². The first-order valence-corrected chi connectivity index (χ1v) is 24.9. The summed E-state index contributed by atoms with van der Waals surface area (Å²) in [4.78, 5) is 80.9. The number of benzene rings is 3. The molecule has 0 spiro atoms. The SMILES string of the molecule is C.CC.CC.CC.CC(=O)Nc1ccc(OC[C@](C)(O)C(=O)Nc2ccccn2)cc1.CC(=O)Nc1ccc(OC[C@](C)(O)C(=O)Nc2cccnc2)cc1.CC(=O)Nc1ccc(OC[C@](C)(O)C(=O)Nc2ccncc2)cc1.[CH3-].[CH3-].[CH3-].[Y].[Y].[Y]. The smallest absolute Gasteiger partial charge is 0.260 e. The van der Waals surface area contributed by atoms with E-state index in [9.17, 15) is 44.1 Å². The molecule has 6 amide bonds. The normalized spacial score (nSPS) is 11.0. The van der Waals surface area contributed by atoms with Gasteiger partial charge in [0, 0.05) is 166 Å². The minimum Gasteiger partial charge on any atom is -0.490 e. The molecule has 0 aliphatic heterocycles. The molecule has 0 bridgehead atoms. The Labute approximate surface area is 580 Å². The number of amides is 6. The van der Waals surface area contributed by atoms with Crippen LogP contribution in [0.25, 0.3) is 0 Å². The van der Waals surface area contributed by atoms with Crippen LogP contribution < -0.4 is 46.1 Å². The van der Waals surface area contributed by atoms with E-state index in [1.54, 1.807) is 121 Å². The summed E-state index contributed by atoms with van der Waals surface area (Å²) in [6, 6.07) is 31.5. The van der Waals surface area contributed by atoms with Crippen LogP contribution in [-0.4, -0.2) is 102 Å². The van der Waals surface area contributed by atoms with E-state index in [0.717, 1.165) is 0 Å². The number of carbonyl (C=O) groups excluding carboxylic acids is 6. The van der Waals surface area contributed by atoms with Gasteiger partial charge in [0.15, 0.2) is 16.8 Å². The third-order valence-electron chi connectivity index (χ3n) is 9.32. The van der Waals surface area contributed by atoms with Crippen LogP contribution in [0, 0.1) is 22.3 Å². The van der Waals surface area contributed by atoms with Crippen molar-refractivity contribution in [3.8, 4) is 17.2 Å². The summed E-state index contributed by atoms with van der Waals surface area (Å²) in [5.74, 6) is -0.530. The third-order valence-corrected chi connectivity index (χ3v) is 9.32. The molecule has 3 aromatic heterocycles. The fourth-order valence-corrected chi connectivity index (χ4v) is 5.47. The molecule has 9 N–H and O–H groups in total. The second-order valence-corrected chi connectivity index (χ2v) is 16.4. The molecule has 0 fully saturated rings. The molecule has 0 aliphatic carbocycles. The summed E-state index contributed by atoms with van der Waals surface area (Å²) in [6.07, 6.45) is 7.68. The number of aliphatic hydroxyl groups is 3. The van der Waals surface area contributed by atoms with E-state index < -0.39 is 34.5 Å². The summed E-state index contributed by atoms with van der Waals surface area (Å²) in [6.45, 7) is 19.7. The summed E-state index contributed by atoms with van der Waals surface area (Å²) in [5, 5.41) is 46.4. The zero-order valence-corrected chi connectivity index (χ0v) is 59.6. The largest absolute Gasteiger partial charge is 0.490 e. The van der Waals surface area contributed by atoms with Crippen molar-refractivity contribution >= 4 is 69.7 Å². The number of rotatable bonds is 18. The molecule has 21 nitrogen and oxygen atoms in total. The molecule has 461 valence electrons. The predicted molar refractivity (Wildman–Crippen MR) is 329 cm³/mol. The second kappa shape index (κ2) is 50.7. The molecular weight excluding hydrogens is 1320 g/mol. The van der Waals surface area contributed by atoms with Crippen LogP contribution in [0.15, 0.2) is 146 Å². The van der Waals surface area contributed by atoms with Gasteiger partial charge in [-0.1, -0.05) is 55.0 Å². The summed E-state index contributed by atoms with van der Waals surface area (Å²) >= 11 is 0. The number of hydrogen-bond acceptors (Lipinski definition) is 15. The van der Waals surface area contributed by atoms with Crippen molar-refractivity contribution in [1.82, 2.24) is 15.0 Å². The topological polar surface area (TPSA) is 302 Å². The molecule has 85 heavy (non-hydrogen) atoms. The zero-order valence-electron chi connectivity index (χ0n) is 51.1. The Hall–Kier alpha value is -5.48. The molecule has 24 heteroatoms. The van der Waals surface area contributed by atoms with E-state index in [1.807, 2.05) is 41.5 Å². The number of ether oxygens (including phenoxy) is 3. The Bertz CT molecular complexity index is 2420. The number of nitrogens with zero attached hydrogens (tertiary/aromatic N) is 3. The van der Waals surface area contributed by atoms with Crippen molar-refractivity contribution in [3.63, 3.8) is 0 Å². The van der Waals surface area contributed by atoms with Crippen molar-refractivity contribution in [2.45, 2.75) is 107 Å². The maximum atomic E-state index is 12.1. The number of aromatic nitrogens is 3. The minimum absolute atomic E-state index is 0. The van der Waals surface area contributed by atoms with E-state index in [2.05, 4.69) is 46.9 Å². The predicted octanol–water partition coefficient (Wildman–Crippen LogP) is 10.5. The Kier molecular flexibility index (Phi) is 55.6. The van der Waals surface area contributed by atoms with Crippen LogP contribution in [0.4, 0.5) is 34.3 Å². The van der Waals surface area contributed by atoms with E-state index in [0.29, 0.717) is 51.5 Å². The van der Waals surface area contributed by atoms with Crippen molar-refractivity contribution in [2.24, 2.45) is 0 Å². The zero-order chi connectivity index (χ0) is 58.7. The second-order valence-electron chi connectivity index (χ2n) is 16.4. The number of nitrogens with one attached hydrogen (secondary N) is 6. The van der Waals surface area contributed by atoms with Gasteiger partial charge in [-0.15, -0.1) is 0 Å². The Balaban J connectivity index is -0.000000197. The van der Waals surface area contributed by atoms with Crippen LogP contribution in [0.3, 0.4) is 0 Å². The summed E-state index contributed by atoms with van der Waals surface area (Å²) in [5.41, 5.74) is -2.22. The Morgan fingerprint density at radius 1 is 0.400 bits per heavy atom. The van der Waals surface area contributed by atoms with Gasteiger partial charge in [-0.05, 0) is 130 Å². The van der Waals surface area contributed by atoms with Gasteiger partial charge in [-0.3, -0.25) is 38.7 Å². The molecule has 0 aliphatic rings. The minimum atomic E-state index is -1.73. The van der Waals surface area contributed by atoms with Gasteiger partial charge in [0.2, 0.25) is 17.7 Å². The number of pyridine rings is 3. The molecular formula is C61H88N9O12Y3-3.